The van der Waals surface area contributed by atoms with Crippen LogP contribution in [0.3, 0.4) is 0 Å². The van der Waals surface area contributed by atoms with Crippen LogP contribution in [0.5, 0.6) is 0 Å². The summed E-state index contributed by atoms with van der Waals surface area (Å²) in [6.45, 7) is 6.16. The van der Waals surface area contributed by atoms with Gasteiger partial charge < -0.3 is 15.3 Å². The van der Waals surface area contributed by atoms with Crippen LogP contribution in [0.25, 0.3) is 0 Å². The van der Waals surface area contributed by atoms with Crippen LogP contribution in [0.15, 0.2) is 0 Å². The van der Waals surface area contributed by atoms with Crippen LogP contribution in [0.2, 0.25) is 5.28 Å². The highest BCUT2D eigenvalue weighted by Gasteiger charge is 2.31. The van der Waals surface area contributed by atoms with Crippen LogP contribution in [-0.2, 0) is 4.79 Å². The molecule has 10 nitrogen and oxygen atoms in total. The molecule has 0 unspecified atom stereocenters. The summed E-state index contributed by atoms with van der Waals surface area (Å²) in [7, 11) is 2.05. The van der Waals surface area contributed by atoms with E-state index in [4.69, 9.17) is 16.7 Å². The monoisotopic (exact) mass is 499 g/mol. The molecule has 190 valence electrons. The number of rotatable bonds is 9. The number of nitrogens with zero attached hydrogens (tertiary/aromatic N) is 4. The molecule has 12 heteroatoms. The maximum Gasteiger partial charge on any atom is 0.404 e. The first-order valence-electron chi connectivity index (χ1n) is 11.9. The number of piperazine rings is 1. The zero-order valence-corrected chi connectivity index (χ0v) is 20.7. The molecular formula is C22H35ClFN7O3. The van der Waals surface area contributed by atoms with Gasteiger partial charge in [0.1, 0.15) is 0 Å². The maximum absolute atomic E-state index is 15.4. The van der Waals surface area contributed by atoms with Gasteiger partial charge in [-0.1, -0.05) is 39.5 Å². The number of hydrogen-bond donors (Lipinski definition) is 4. The third-order valence-corrected chi connectivity index (χ3v) is 7.01. The predicted octanol–water partition coefficient (Wildman–Crippen LogP) is 2.95. The van der Waals surface area contributed by atoms with Crippen LogP contribution in [0.1, 0.15) is 46.0 Å². The molecule has 1 saturated carbocycles. The van der Waals surface area contributed by atoms with E-state index < -0.39 is 23.7 Å². The van der Waals surface area contributed by atoms with E-state index in [1.54, 1.807) is 0 Å². The summed E-state index contributed by atoms with van der Waals surface area (Å²) in [5.41, 5.74) is 5.04. The van der Waals surface area contributed by atoms with Crippen molar-refractivity contribution in [2.45, 2.75) is 52.0 Å². The summed E-state index contributed by atoms with van der Waals surface area (Å²) in [6, 6.07) is 0.232. The van der Waals surface area contributed by atoms with E-state index >= 15 is 4.39 Å². The lowest BCUT2D eigenvalue weighted by Gasteiger charge is -2.42. The highest BCUT2D eigenvalue weighted by atomic mass is 35.5. The Morgan fingerprint density at radius 3 is 2.59 bits per heavy atom. The largest absolute Gasteiger partial charge is 0.465 e. The van der Waals surface area contributed by atoms with Gasteiger partial charge in [-0.25, -0.2) is 4.79 Å². The lowest BCUT2D eigenvalue weighted by Crippen LogP contribution is -2.54. The Bertz CT molecular complexity index is 869. The number of aromatic nitrogens is 2. The van der Waals surface area contributed by atoms with Crippen molar-refractivity contribution in [3.05, 3.63) is 11.1 Å². The molecule has 1 saturated heterocycles. The zero-order chi connectivity index (χ0) is 24.8. The highest BCUT2D eigenvalue weighted by Crippen LogP contribution is 2.31. The van der Waals surface area contributed by atoms with Crippen molar-refractivity contribution >= 4 is 35.2 Å². The van der Waals surface area contributed by atoms with Crippen LogP contribution in [-0.4, -0.2) is 71.2 Å². The van der Waals surface area contributed by atoms with Crippen molar-refractivity contribution in [3.8, 4) is 0 Å². The van der Waals surface area contributed by atoms with Crippen LogP contribution in [0.4, 0.5) is 20.8 Å². The lowest BCUT2D eigenvalue weighted by atomic mass is 9.92. The number of hydrogen-bond acceptors (Lipinski definition) is 7. The number of amides is 2. The minimum absolute atomic E-state index is 0.0184. The molecule has 2 aliphatic rings. The minimum atomic E-state index is -1.19. The van der Waals surface area contributed by atoms with Crippen LogP contribution in [0, 0.1) is 23.6 Å². The number of halogens is 2. The van der Waals surface area contributed by atoms with Gasteiger partial charge in [-0.15, -0.1) is 0 Å². The second-order valence-corrected chi connectivity index (χ2v) is 9.94. The first-order chi connectivity index (χ1) is 16.2. The summed E-state index contributed by atoms with van der Waals surface area (Å²) in [6.07, 6.45) is 3.63. The molecule has 1 aliphatic carbocycles. The third-order valence-electron chi connectivity index (χ3n) is 6.84. The van der Waals surface area contributed by atoms with Gasteiger partial charge in [0.25, 0.3) is 0 Å². The summed E-state index contributed by atoms with van der Waals surface area (Å²) in [5, 5.41) is 11.1. The molecule has 1 aliphatic heterocycles. The Hall–Kier alpha value is -2.40. The molecule has 0 bridgehead atoms. The number of likely N-dealkylation sites (N-methyl/N-ethyl adjacent to an activating group) is 1. The molecule has 34 heavy (non-hydrogen) atoms. The van der Waals surface area contributed by atoms with Gasteiger partial charge in [0, 0.05) is 32.2 Å². The Kier molecular flexibility index (Phi) is 9.12. The second-order valence-electron chi connectivity index (χ2n) is 9.60. The SMILES string of the molecule is CC(C)[C@H]1CN(c2nc(Cl)nc(NNC(=O)[C@@H](CNC(=O)O)CC3CCCC3)c2F)CCN1C. The molecule has 2 atom stereocenters. The number of hydrazine groups is 1. The van der Waals surface area contributed by atoms with Crippen molar-refractivity contribution in [2.24, 2.45) is 17.8 Å². The Morgan fingerprint density at radius 1 is 1.24 bits per heavy atom. The standard InChI is InChI=1S/C22H35ClFN7O3/c1-13(2)16-12-31(9-8-30(16)3)19-17(24)18(26-21(23)27-19)28-29-20(32)15(11-25-22(33)34)10-14-6-4-5-7-14/h13-16,25H,4-12H2,1-3H3,(H,29,32)(H,33,34)(H,26,27,28)/t15-,16-/m1/s1. The van der Waals surface area contributed by atoms with Crippen LogP contribution < -0.4 is 21.1 Å². The lowest BCUT2D eigenvalue weighted by molar-refractivity contribution is -0.124. The van der Waals surface area contributed by atoms with Crippen molar-refractivity contribution in [3.63, 3.8) is 0 Å². The van der Waals surface area contributed by atoms with E-state index in [2.05, 4.69) is 51.9 Å². The van der Waals surface area contributed by atoms with Gasteiger partial charge in [0.05, 0.1) is 5.92 Å². The Labute approximate surface area is 204 Å². The van der Waals surface area contributed by atoms with Gasteiger partial charge in [-0.05, 0) is 36.9 Å². The second kappa shape index (κ2) is 11.8. The van der Waals surface area contributed by atoms with E-state index in [1.165, 1.54) is 0 Å². The molecule has 1 aromatic heterocycles. The Morgan fingerprint density at radius 2 is 1.94 bits per heavy atom. The molecule has 2 heterocycles. The van der Waals surface area contributed by atoms with Crippen molar-refractivity contribution in [1.29, 1.82) is 0 Å². The summed E-state index contributed by atoms with van der Waals surface area (Å²) >= 11 is 6.09. The first kappa shape index (κ1) is 26.2. The van der Waals surface area contributed by atoms with Gasteiger partial charge in [0.2, 0.25) is 17.0 Å². The van der Waals surface area contributed by atoms with Gasteiger partial charge in [-0.2, -0.15) is 14.4 Å². The number of carbonyl (C=O) groups is 2. The Balaban J connectivity index is 1.70. The molecule has 3 rings (SSSR count). The predicted molar refractivity (Wildman–Crippen MR) is 128 cm³/mol. The molecule has 0 aromatic carbocycles. The van der Waals surface area contributed by atoms with Gasteiger partial charge in [-0.3, -0.25) is 20.5 Å². The van der Waals surface area contributed by atoms with Gasteiger partial charge >= 0.3 is 6.09 Å². The van der Waals surface area contributed by atoms with E-state index in [0.717, 1.165) is 32.2 Å². The zero-order valence-electron chi connectivity index (χ0n) is 20.0. The fourth-order valence-electron chi connectivity index (χ4n) is 4.88. The average molecular weight is 500 g/mol. The number of nitrogens with one attached hydrogen (secondary N) is 3. The number of carbonyl (C=O) groups excluding carboxylic acids is 1. The number of anilines is 2. The van der Waals surface area contributed by atoms with E-state index in [9.17, 15) is 9.59 Å². The van der Waals surface area contributed by atoms with Crippen LogP contribution >= 0.6 is 11.6 Å². The fourth-order valence-corrected chi connectivity index (χ4v) is 5.04. The summed E-state index contributed by atoms with van der Waals surface area (Å²) in [4.78, 5) is 35.9. The smallest absolute Gasteiger partial charge is 0.404 e. The van der Waals surface area contributed by atoms with Crippen molar-refractivity contribution in [1.82, 2.24) is 25.6 Å². The molecule has 2 fully saturated rings. The summed E-state index contributed by atoms with van der Waals surface area (Å²) in [5.74, 6) is -1.12. The normalized spacial score (nSPS) is 20.4. The van der Waals surface area contributed by atoms with Gasteiger partial charge in [0.15, 0.2) is 11.6 Å². The third kappa shape index (κ3) is 6.82. The van der Waals surface area contributed by atoms with E-state index in [0.29, 0.717) is 31.3 Å². The molecular weight excluding hydrogens is 465 g/mol. The molecule has 0 radical (unpaired) electrons. The first-order valence-corrected chi connectivity index (χ1v) is 12.2. The summed E-state index contributed by atoms with van der Waals surface area (Å²) < 4.78 is 15.4. The fraction of sp³-hybridized carbons (Fsp3) is 0.727. The molecule has 0 spiro atoms. The van der Waals surface area contributed by atoms with E-state index in [1.807, 2.05) is 4.90 Å². The number of carboxylic acid groups (broad SMARTS) is 1. The van der Waals surface area contributed by atoms with Crippen molar-refractivity contribution in [2.75, 3.05) is 43.6 Å². The quantitative estimate of drug-likeness (QED) is 0.302. The molecule has 1 aromatic rings. The molecule has 4 N–H and O–H groups in total. The van der Waals surface area contributed by atoms with Crippen molar-refractivity contribution < 1.29 is 19.1 Å². The topological polar surface area (TPSA) is 123 Å². The molecule has 2 amide bonds. The maximum atomic E-state index is 15.4. The minimum Gasteiger partial charge on any atom is -0.465 e. The van der Waals surface area contributed by atoms with E-state index in [-0.39, 0.29) is 29.5 Å². The highest BCUT2D eigenvalue weighted by molar-refractivity contribution is 6.28. The average Bonchev–Trinajstić information content (AvgIpc) is 3.30.